The van der Waals surface area contributed by atoms with Crippen LogP contribution in [0.2, 0.25) is 0 Å². The molecule has 170 valence electrons. The Labute approximate surface area is 199 Å². The van der Waals surface area contributed by atoms with Crippen LogP contribution in [0.1, 0.15) is 43.0 Å². The van der Waals surface area contributed by atoms with Crippen LogP contribution in [0.15, 0.2) is 73.3 Å². The second-order valence-electron chi connectivity index (χ2n) is 9.74. The maximum atomic E-state index is 12.7. The van der Waals surface area contributed by atoms with E-state index in [-0.39, 0.29) is 17.3 Å². The lowest BCUT2D eigenvalue weighted by atomic mass is 9.53. The monoisotopic (exact) mass is 448 g/mol. The molecular weight excluding hydrogens is 420 g/mol. The zero-order valence-corrected chi connectivity index (χ0v) is 19.6. The van der Waals surface area contributed by atoms with Crippen LogP contribution in [-0.4, -0.2) is 25.5 Å². The van der Waals surface area contributed by atoms with E-state index in [1.807, 2.05) is 12.4 Å². The average Bonchev–Trinajstić information content (AvgIpc) is 3.24. The van der Waals surface area contributed by atoms with Gasteiger partial charge in [0.05, 0.1) is 11.4 Å². The Hall–Kier alpha value is -3.60. The first kappa shape index (κ1) is 21.0. The molecule has 0 spiro atoms. The summed E-state index contributed by atoms with van der Waals surface area (Å²) < 4.78 is 2.06. The minimum atomic E-state index is -0.209. The van der Waals surface area contributed by atoms with Crippen molar-refractivity contribution in [2.24, 2.45) is 18.9 Å². The number of benzene rings is 2. The Morgan fingerprint density at radius 1 is 0.912 bits per heavy atom. The third-order valence-corrected chi connectivity index (χ3v) is 8.12. The van der Waals surface area contributed by atoms with Gasteiger partial charge in [-0.1, -0.05) is 61.5 Å². The van der Waals surface area contributed by atoms with Gasteiger partial charge in [0.1, 0.15) is 12.1 Å². The van der Waals surface area contributed by atoms with Crippen LogP contribution in [0.25, 0.3) is 22.4 Å². The molecule has 3 atom stereocenters. The molecule has 0 radical (unpaired) electrons. The van der Waals surface area contributed by atoms with Gasteiger partial charge in [-0.25, -0.2) is 9.97 Å². The van der Waals surface area contributed by atoms with E-state index in [2.05, 4.69) is 83.2 Å². The van der Waals surface area contributed by atoms with Crippen LogP contribution in [0.5, 0.6) is 0 Å². The molecule has 2 aliphatic rings. The number of hydrogen-bond acceptors (Lipinski definition) is 4. The SMILES string of the molecule is C[C@@H]1C(=O)CC[C@]2(c3ccccc3)c3nn(C)c(-c4ccc(-c5cncnc5)cc4)c3CC[C@@H]12. The summed E-state index contributed by atoms with van der Waals surface area (Å²) in [6.07, 6.45) is 8.63. The summed E-state index contributed by atoms with van der Waals surface area (Å²) in [6.45, 7) is 2.13. The zero-order chi connectivity index (χ0) is 23.3. The van der Waals surface area contributed by atoms with Gasteiger partial charge in [0.25, 0.3) is 0 Å². The molecule has 1 fully saturated rings. The van der Waals surface area contributed by atoms with E-state index in [9.17, 15) is 4.79 Å². The third-order valence-electron chi connectivity index (χ3n) is 8.12. The lowest BCUT2D eigenvalue weighted by Gasteiger charge is -2.49. The minimum absolute atomic E-state index is 0.0555. The van der Waals surface area contributed by atoms with Crippen molar-refractivity contribution >= 4 is 5.78 Å². The molecule has 2 heterocycles. The van der Waals surface area contributed by atoms with Crippen molar-refractivity contribution in [1.29, 1.82) is 0 Å². The van der Waals surface area contributed by atoms with Gasteiger partial charge in [-0.3, -0.25) is 9.48 Å². The van der Waals surface area contributed by atoms with Crippen LogP contribution < -0.4 is 0 Å². The first-order chi connectivity index (χ1) is 16.6. The number of nitrogens with zero attached hydrogens (tertiary/aromatic N) is 4. The molecule has 6 rings (SSSR count). The summed E-state index contributed by atoms with van der Waals surface area (Å²) in [4.78, 5) is 21.0. The number of ketones is 1. The smallest absolute Gasteiger partial charge is 0.136 e. The topological polar surface area (TPSA) is 60.7 Å². The molecule has 0 aliphatic heterocycles. The van der Waals surface area contributed by atoms with Crippen LogP contribution >= 0.6 is 0 Å². The van der Waals surface area contributed by atoms with Gasteiger partial charge in [0.2, 0.25) is 0 Å². The maximum absolute atomic E-state index is 12.7. The molecule has 5 nitrogen and oxygen atoms in total. The van der Waals surface area contributed by atoms with Gasteiger partial charge in [-0.05, 0) is 36.3 Å². The molecule has 0 saturated heterocycles. The normalized spacial score (nSPS) is 23.9. The summed E-state index contributed by atoms with van der Waals surface area (Å²) in [7, 11) is 2.05. The third kappa shape index (κ3) is 3.07. The van der Waals surface area contributed by atoms with Gasteiger partial charge in [0.15, 0.2) is 0 Å². The zero-order valence-electron chi connectivity index (χ0n) is 19.6. The molecule has 4 aromatic rings. The van der Waals surface area contributed by atoms with E-state index >= 15 is 0 Å². The van der Waals surface area contributed by atoms with Gasteiger partial charge in [0, 0.05) is 53.9 Å². The standard InChI is InChI=1S/C29H28N4O/c1-19-25-13-12-24-27(21-10-8-20(9-11-21)22-16-30-18-31-17-22)33(2)32-28(24)29(25,15-14-26(19)34)23-6-4-3-5-7-23/h3-11,16-19,25H,12-15H2,1-2H3/t19-,25-,29+/m0/s1. The highest BCUT2D eigenvalue weighted by Gasteiger charge is 2.54. The average molecular weight is 449 g/mol. The second-order valence-corrected chi connectivity index (χ2v) is 9.74. The first-order valence-electron chi connectivity index (χ1n) is 12.1. The van der Waals surface area contributed by atoms with E-state index < -0.39 is 0 Å². The van der Waals surface area contributed by atoms with Gasteiger partial charge in [-0.15, -0.1) is 0 Å². The summed E-state index contributed by atoms with van der Waals surface area (Å²) in [6, 6.07) is 19.4. The van der Waals surface area contributed by atoms with E-state index in [4.69, 9.17) is 5.10 Å². The van der Waals surface area contributed by atoms with Crippen molar-refractivity contribution in [2.45, 2.75) is 38.0 Å². The molecule has 34 heavy (non-hydrogen) atoms. The fraction of sp³-hybridized carbons (Fsp3) is 0.310. The maximum Gasteiger partial charge on any atom is 0.136 e. The molecule has 0 unspecified atom stereocenters. The summed E-state index contributed by atoms with van der Waals surface area (Å²) >= 11 is 0. The summed E-state index contributed by atoms with van der Waals surface area (Å²) in [5.41, 5.74) is 8.05. The summed E-state index contributed by atoms with van der Waals surface area (Å²) in [5.74, 6) is 0.739. The summed E-state index contributed by atoms with van der Waals surface area (Å²) in [5, 5.41) is 5.19. The lowest BCUT2D eigenvalue weighted by Crippen LogP contribution is -2.49. The Kier molecular flexibility index (Phi) is 4.94. The fourth-order valence-corrected chi connectivity index (χ4v) is 6.50. The van der Waals surface area contributed by atoms with Crippen molar-refractivity contribution in [3.05, 3.63) is 90.1 Å². The number of aromatic nitrogens is 4. The van der Waals surface area contributed by atoms with E-state index in [0.717, 1.165) is 30.4 Å². The van der Waals surface area contributed by atoms with Gasteiger partial charge in [-0.2, -0.15) is 5.10 Å². The number of carbonyl (C=O) groups is 1. The lowest BCUT2D eigenvalue weighted by molar-refractivity contribution is -0.128. The van der Waals surface area contributed by atoms with Crippen molar-refractivity contribution in [3.8, 4) is 22.4 Å². The predicted molar refractivity (Wildman–Crippen MR) is 132 cm³/mol. The number of Topliss-reactive ketones (excluding diaryl/α,β-unsaturated/α-hetero) is 1. The molecule has 1 saturated carbocycles. The quantitative estimate of drug-likeness (QED) is 0.422. The molecule has 2 aliphatic carbocycles. The number of aryl methyl sites for hydroxylation is 1. The number of hydrogen-bond donors (Lipinski definition) is 0. The second kappa shape index (κ2) is 8.01. The van der Waals surface area contributed by atoms with E-state index in [0.29, 0.717) is 12.2 Å². The number of carbonyl (C=O) groups excluding carboxylic acids is 1. The van der Waals surface area contributed by atoms with Crippen LogP contribution in [0, 0.1) is 11.8 Å². The molecule has 0 bridgehead atoms. The van der Waals surface area contributed by atoms with Crippen molar-refractivity contribution in [1.82, 2.24) is 19.7 Å². The largest absolute Gasteiger partial charge is 0.299 e. The molecule has 2 aromatic carbocycles. The van der Waals surface area contributed by atoms with Crippen LogP contribution in [0.4, 0.5) is 0 Å². The Balaban J connectivity index is 1.49. The molecular formula is C29H28N4O. The molecule has 0 amide bonds. The Bertz CT molecular complexity index is 1340. The van der Waals surface area contributed by atoms with E-state index in [1.54, 1.807) is 6.33 Å². The van der Waals surface area contributed by atoms with Gasteiger partial charge < -0.3 is 0 Å². The number of fused-ring (bicyclic) bond motifs is 3. The first-order valence-corrected chi connectivity index (χ1v) is 12.1. The molecule has 0 N–H and O–H groups in total. The highest BCUT2D eigenvalue weighted by molar-refractivity contribution is 5.83. The highest BCUT2D eigenvalue weighted by Crippen LogP contribution is 2.55. The van der Waals surface area contributed by atoms with Crippen LogP contribution in [-0.2, 0) is 23.7 Å². The number of rotatable bonds is 3. The minimum Gasteiger partial charge on any atom is -0.299 e. The Morgan fingerprint density at radius 3 is 2.35 bits per heavy atom. The highest BCUT2D eigenvalue weighted by atomic mass is 16.1. The van der Waals surface area contributed by atoms with Crippen molar-refractivity contribution in [2.75, 3.05) is 0 Å². The van der Waals surface area contributed by atoms with Crippen molar-refractivity contribution < 1.29 is 4.79 Å². The van der Waals surface area contributed by atoms with Crippen molar-refractivity contribution in [3.63, 3.8) is 0 Å². The molecule has 5 heteroatoms. The molecule has 2 aromatic heterocycles. The van der Waals surface area contributed by atoms with E-state index in [1.165, 1.54) is 28.1 Å². The predicted octanol–water partition coefficient (Wildman–Crippen LogP) is 5.39. The van der Waals surface area contributed by atoms with Gasteiger partial charge >= 0.3 is 0 Å². The fourth-order valence-electron chi connectivity index (χ4n) is 6.50. The Morgan fingerprint density at radius 2 is 1.62 bits per heavy atom. The van der Waals surface area contributed by atoms with Crippen LogP contribution in [0.3, 0.4) is 0 Å².